The molecule has 3 aliphatic heterocycles. The van der Waals surface area contributed by atoms with Crippen molar-refractivity contribution < 1.29 is 32.2 Å². The van der Waals surface area contributed by atoms with E-state index in [1.807, 2.05) is 30.5 Å². The van der Waals surface area contributed by atoms with Crippen LogP contribution in [0.1, 0.15) is 23.6 Å². The van der Waals surface area contributed by atoms with E-state index in [0.29, 0.717) is 13.1 Å². The summed E-state index contributed by atoms with van der Waals surface area (Å²) in [5, 5.41) is 9.79. The van der Waals surface area contributed by atoms with E-state index < -0.39 is 36.0 Å². The number of carboxylic acids is 1. The van der Waals surface area contributed by atoms with Gasteiger partial charge in [-0.15, -0.1) is 0 Å². The number of aliphatic imine (C=N–C) groups is 1. The molecule has 2 atom stereocenters. The Morgan fingerprint density at radius 3 is 2.70 bits per heavy atom. The van der Waals surface area contributed by atoms with Crippen LogP contribution >= 0.6 is 0 Å². The highest BCUT2D eigenvalue weighted by molar-refractivity contribution is 6.02. The Balaban J connectivity index is 1.49. The van der Waals surface area contributed by atoms with Crippen LogP contribution in [0.4, 0.5) is 28.9 Å². The second-order valence-electron chi connectivity index (χ2n) is 9.76. The van der Waals surface area contributed by atoms with Crippen molar-refractivity contribution in [2.75, 3.05) is 25.1 Å². The normalized spacial score (nSPS) is 21.6. The summed E-state index contributed by atoms with van der Waals surface area (Å²) < 4.78 is 61.5. The summed E-state index contributed by atoms with van der Waals surface area (Å²) in [6.07, 6.45) is 4.55. The highest BCUT2D eigenvalue weighted by Crippen LogP contribution is 2.44. The molecule has 0 aromatic heterocycles. The van der Waals surface area contributed by atoms with Gasteiger partial charge >= 0.3 is 12.1 Å². The van der Waals surface area contributed by atoms with Gasteiger partial charge in [0, 0.05) is 30.5 Å². The van der Waals surface area contributed by atoms with Crippen LogP contribution in [0.5, 0.6) is 0 Å². The summed E-state index contributed by atoms with van der Waals surface area (Å²) in [5.74, 6) is -0.940. The lowest BCUT2D eigenvalue weighted by atomic mass is 9.97. The van der Waals surface area contributed by atoms with Gasteiger partial charge in [0.25, 0.3) is 0 Å². The monoisotopic (exact) mass is 552 g/mol. The number of allylic oxidation sites excluding steroid dienone is 2. The lowest BCUT2D eigenvalue weighted by Crippen LogP contribution is -2.51. The summed E-state index contributed by atoms with van der Waals surface area (Å²) in [6.45, 7) is 0.903. The number of rotatable bonds is 4. The molecule has 206 valence electrons. The Bertz CT molecular complexity index is 1540. The molecule has 6 rings (SSSR count). The smallest absolute Gasteiger partial charge is 0.416 e. The van der Waals surface area contributed by atoms with Gasteiger partial charge in [0.05, 0.1) is 36.9 Å². The number of nitrogens with zero attached hydrogens (tertiary/aromatic N) is 4. The van der Waals surface area contributed by atoms with Gasteiger partial charge in [-0.2, -0.15) is 13.2 Å². The van der Waals surface area contributed by atoms with Crippen molar-refractivity contribution in [3.05, 3.63) is 107 Å². The zero-order chi connectivity index (χ0) is 28.2. The van der Waals surface area contributed by atoms with Crippen LogP contribution in [0.25, 0.3) is 0 Å². The highest BCUT2D eigenvalue weighted by Gasteiger charge is 2.40. The first kappa shape index (κ1) is 25.7. The molecule has 2 aromatic rings. The maximum absolute atomic E-state index is 15.1. The number of para-hydroxylation sites is 1. The molecule has 4 aliphatic rings. The minimum absolute atomic E-state index is 0.0261. The first-order valence-electron chi connectivity index (χ1n) is 12.6. The Hall–Kier alpha value is -4.54. The van der Waals surface area contributed by atoms with Crippen LogP contribution in [0.15, 0.2) is 95.0 Å². The van der Waals surface area contributed by atoms with Crippen molar-refractivity contribution >= 4 is 23.3 Å². The molecule has 3 heterocycles. The predicted molar refractivity (Wildman–Crippen MR) is 140 cm³/mol. The number of hydrogen-bond donors (Lipinski definition) is 1. The van der Waals surface area contributed by atoms with E-state index in [9.17, 15) is 23.1 Å². The summed E-state index contributed by atoms with van der Waals surface area (Å²) in [4.78, 5) is 22.0. The summed E-state index contributed by atoms with van der Waals surface area (Å²) in [5.41, 5.74) is 1.36. The third kappa shape index (κ3) is 4.41. The molecule has 2 unspecified atom stereocenters. The van der Waals surface area contributed by atoms with Gasteiger partial charge in [-0.05, 0) is 48.1 Å². The minimum atomic E-state index is -4.61. The molecule has 0 amide bonds. The van der Waals surface area contributed by atoms with Gasteiger partial charge < -0.3 is 24.5 Å². The molecule has 11 heteroatoms. The van der Waals surface area contributed by atoms with Crippen LogP contribution in [0.2, 0.25) is 0 Å². The van der Waals surface area contributed by atoms with Crippen molar-refractivity contribution in [1.29, 1.82) is 0 Å². The van der Waals surface area contributed by atoms with E-state index in [1.165, 1.54) is 29.2 Å². The molecule has 0 saturated carbocycles. The third-order valence-corrected chi connectivity index (χ3v) is 7.38. The fourth-order valence-corrected chi connectivity index (χ4v) is 5.56. The number of benzene rings is 2. The number of hydrogen-bond acceptors (Lipinski definition) is 6. The molecule has 2 aromatic carbocycles. The van der Waals surface area contributed by atoms with E-state index in [4.69, 9.17) is 4.74 Å². The maximum Gasteiger partial charge on any atom is 0.416 e. The molecule has 40 heavy (non-hydrogen) atoms. The zero-order valence-electron chi connectivity index (χ0n) is 21.3. The molecule has 7 nitrogen and oxygen atoms in total. The summed E-state index contributed by atoms with van der Waals surface area (Å²) >= 11 is 0. The van der Waals surface area contributed by atoms with E-state index in [0.717, 1.165) is 29.2 Å². The average molecular weight is 553 g/mol. The van der Waals surface area contributed by atoms with Crippen LogP contribution in [0, 0.1) is 5.82 Å². The topological polar surface area (TPSA) is 68.6 Å². The number of fused-ring (bicyclic) bond motifs is 4. The summed E-state index contributed by atoms with van der Waals surface area (Å²) in [7, 11) is 1.60. The molecule has 0 fully saturated rings. The fraction of sp³-hybridized carbons (Fsp3) is 0.241. The lowest BCUT2D eigenvalue weighted by Gasteiger charge is -2.43. The SMILES string of the molecule is COC1=CC2C(=CC3=CN(C4=Nc5c(F)cccc5C(CC(=O)O)N4c4cccc(C(F)(F)F)c4)CCN32)C=C1. The number of ether oxygens (including phenoxy) is 1. The van der Waals surface area contributed by atoms with Gasteiger partial charge in [0.15, 0.2) is 0 Å². The molecule has 1 aliphatic carbocycles. The maximum atomic E-state index is 15.1. The van der Waals surface area contributed by atoms with Gasteiger partial charge in [-0.25, -0.2) is 9.38 Å². The molecule has 0 bridgehead atoms. The first-order valence-corrected chi connectivity index (χ1v) is 12.6. The van der Waals surface area contributed by atoms with Crippen LogP contribution in [-0.4, -0.2) is 53.1 Å². The molecular formula is C29H24F4N4O3. The number of methoxy groups -OCH3 is 1. The average Bonchev–Trinajstić information content (AvgIpc) is 3.29. The molecule has 0 saturated heterocycles. The third-order valence-electron chi connectivity index (χ3n) is 7.38. The van der Waals surface area contributed by atoms with Crippen LogP contribution < -0.4 is 4.90 Å². The van der Waals surface area contributed by atoms with Crippen molar-refractivity contribution in [1.82, 2.24) is 9.80 Å². The molecular weight excluding hydrogens is 528 g/mol. The number of halogens is 4. The van der Waals surface area contributed by atoms with Gasteiger partial charge in [0.1, 0.15) is 17.3 Å². The Labute approximate surface area is 227 Å². The second-order valence-corrected chi connectivity index (χ2v) is 9.76. The van der Waals surface area contributed by atoms with Crippen LogP contribution in [0.3, 0.4) is 0 Å². The van der Waals surface area contributed by atoms with Crippen molar-refractivity contribution in [2.45, 2.75) is 24.7 Å². The molecule has 0 radical (unpaired) electrons. The van der Waals surface area contributed by atoms with Crippen molar-refractivity contribution in [3.8, 4) is 0 Å². The van der Waals surface area contributed by atoms with Crippen LogP contribution in [-0.2, 0) is 15.7 Å². The number of carboxylic acid groups (broad SMARTS) is 1. The molecule has 0 spiro atoms. The van der Waals surface area contributed by atoms with E-state index in [-0.39, 0.29) is 28.9 Å². The number of alkyl halides is 3. The first-order chi connectivity index (χ1) is 19.1. The largest absolute Gasteiger partial charge is 0.497 e. The van der Waals surface area contributed by atoms with E-state index >= 15 is 4.39 Å². The van der Waals surface area contributed by atoms with Gasteiger partial charge in [-0.3, -0.25) is 4.79 Å². The Morgan fingerprint density at radius 2 is 1.95 bits per heavy atom. The Kier molecular flexibility index (Phi) is 6.16. The van der Waals surface area contributed by atoms with E-state index in [1.54, 1.807) is 18.1 Å². The standard InChI is InChI=1S/C29H24F4N4O3/c1-40-21-9-8-17-12-20-16-35(10-11-36(20)24(17)14-21)28-34-27-22(6-3-7-23(27)30)25(15-26(38)39)37(28)19-5-2-4-18(13-19)29(31,32)33/h2-9,12-14,16,24-25H,10-11,15H2,1H3,(H,38,39). The van der Waals surface area contributed by atoms with Gasteiger partial charge in [-0.1, -0.05) is 24.3 Å². The fourth-order valence-electron chi connectivity index (χ4n) is 5.56. The number of anilines is 1. The minimum Gasteiger partial charge on any atom is -0.497 e. The number of carbonyl (C=O) groups is 1. The lowest BCUT2D eigenvalue weighted by molar-refractivity contribution is -0.138. The summed E-state index contributed by atoms with van der Waals surface area (Å²) in [6, 6.07) is 7.85. The second kappa shape index (κ2) is 9.58. The predicted octanol–water partition coefficient (Wildman–Crippen LogP) is 5.74. The zero-order valence-corrected chi connectivity index (χ0v) is 21.3. The quantitative estimate of drug-likeness (QED) is 0.489. The number of aliphatic carboxylic acids is 1. The van der Waals surface area contributed by atoms with E-state index in [2.05, 4.69) is 9.89 Å². The molecule has 1 N–H and O–H groups in total. The van der Waals surface area contributed by atoms with Gasteiger partial charge in [0.2, 0.25) is 5.96 Å². The Morgan fingerprint density at radius 1 is 1.15 bits per heavy atom. The number of guanidine groups is 1. The van der Waals surface area contributed by atoms with Crippen molar-refractivity contribution in [2.24, 2.45) is 4.99 Å². The van der Waals surface area contributed by atoms with Crippen molar-refractivity contribution in [3.63, 3.8) is 0 Å². The highest BCUT2D eigenvalue weighted by atomic mass is 19.4.